The van der Waals surface area contributed by atoms with Gasteiger partial charge in [0.2, 0.25) is 6.41 Å². The van der Waals surface area contributed by atoms with Gasteiger partial charge in [0.15, 0.2) is 0 Å². The number of hydrogen-bond donors (Lipinski definition) is 1. The molecule has 0 saturated carbocycles. The molecule has 5 heteroatoms. The van der Waals surface area contributed by atoms with Gasteiger partial charge in [-0.3, -0.25) is 4.79 Å². The molecule has 0 radical (unpaired) electrons. The summed E-state index contributed by atoms with van der Waals surface area (Å²) in [5, 5.41) is 2.53. The summed E-state index contributed by atoms with van der Waals surface area (Å²) in [6, 6.07) is 0. The van der Waals surface area contributed by atoms with E-state index >= 15 is 0 Å². The molecule has 0 aromatic heterocycles. The Labute approximate surface area is 136 Å². The van der Waals surface area contributed by atoms with Crippen molar-refractivity contribution in [3.05, 3.63) is 71.4 Å². The number of nitrogens with zero attached hydrogens (tertiary/aromatic N) is 1. The van der Waals surface area contributed by atoms with Crippen LogP contribution in [0.3, 0.4) is 0 Å². The average molecular weight is 320 g/mol. The monoisotopic (exact) mass is 320 g/mol. The second-order valence-corrected chi connectivity index (χ2v) is 5.10. The van der Waals surface area contributed by atoms with Crippen LogP contribution in [0.2, 0.25) is 0 Å². The Morgan fingerprint density at radius 3 is 2.83 bits per heavy atom. The number of likely N-dealkylation sites (N-methyl/N-ethyl adjacent to an activating group) is 1. The molecule has 0 aromatic carbocycles. The average Bonchev–Trinajstić information content (AvgIpc) is 2.68. The fourth-order valence-electron chi connectivity index (χ4n) is 1.86. The van der Waals surface area contributed by atoms with Gasteiger partial charge in [0.05, 0.1) is 5.70 Å². The third kappa shape index (κ3) is 6.46. The number of allylic oxidation sites excluding steroid dienone is 10. The standard InChI is InChI=1S/C18H22F2N2O/c1-14(6-5-11-21-13-23)9-10-15(2)22(3)18-8-4-7-16(19)12-17(18)20/h4-10,12-13,16H,11H2,1-3H3,(H,21,23)/b6-5+,14-9-,15-10-. The Balaban J connectivity index is 2.79. The Kier molecular flexibility index (Phi) is 7.74. The Morgan fingerprint density at radius 2 is 2.13 bits per heavy atom. The van der Waals surface area contributed by atoms with Crippen molar-refractivity contribution in [2.24, 2.45) is 0 Å². The van der Waals surface area contributed by atoms with Crippen LogP contribution in [-0.4, -0.2) is 31.1 Å². The van der Waals surface area contributed by atoms with Crippen molar-refractivity contribution >= 4 is 6.41 Å². The van der Waals surface area contributed by atoms with Gasteiger partial charge in [0, 0.05) is 19.3 Å². The van der Waals surface area contributed by atoms with E-state index in [-0.39, 0.29) is 0 Å². The van der Waals surface area contributed by atoms with Crippen molar-refractivity contribution in [3.63, 3.8) is 0 Å². The zero-order chi connectivity index (χ0) is 17.2. The summed E-state index contributed by atoms with van der Waals surface area (Å²) in [5.41, 5.74) is 2.11. The molecular formula is C18H22F2N2O. The lowest BCUT2D eigenvalue weighted by Gasteiger charge is -2.21. The van der Waals surface area contributed by atoms with Gasteiger partial charge >= 0.3 is 0 Å². The number of halogens is 2. The number of amides is 1. The molecule has 0 aromatic rings. The minimum atomic E-state index is -1.41. The van der Waals surface area contributed by atoms with Gasteiger partial charge in [-0.25, -0.2) is 8.78 Å². The van der Waals surface area contributed by atoms with Crippen molar-refractivity contribution in [2.75, 3.05) is 13.6 Å². The number of rotatable bonds is 7. The summed E-state index contributed by atoms with van der Waals surface area (Å²) in [4.78, 5) is 11.8. The van der Waals surface area contributed by atoms with Gasteiger partial charge in [-0.2, -0.15) is 0 Å². The molecule has 1 unspecified atom stereocenters. The summed E-state index contributed by atoms with van der Waals surface area (Å²) < 4.78 is 27.2. The van der Waals surface area contributed by atoms with Crippen LogP contribution in [0.1, 0.15) is 13.8 Å². The van der Waals surface area contributed by atoms with Crippen molar-refractivity contribution in [2.45, 2.75) is 20.0 Å². The second-order valence-electron chi connectivity index (χ2n) is 5.10. The normalized spacial score (nSPS) is 19.3. The number of nitrogens with one attached hydrogen (secondary N) is 1. The Hall–Kier alpha value is -2.43. The van der Waals surface area contributed by atoms with Gasteiger partial charge in [-0.1, -0.05) is 29.9 Å². The predicted molar refractivity (Wildman–Crippen MR) is 89.8 cm³/mol. The topological polar surface area (TPSA) is 32.3 Å². The lowest BCUT2D eigenvalue weighted by Crippen LogP contribution is -2.16. The molecule has 1 rings (SSSR count). The van der Waals surface area contributed by atoms with Gasteiger partial charge < -0.3 is 10.2 Å². The number of carbonyl (C=O) groups is 1. The van der Waals surface area contributed by atoms with Crippen LogP contribution in [0.5, 0.6) is 0 Å². The molecule has 0 spiro atoms. The maximum absolute atomic E-state index is 14.0. The van der Waals surface area contributed by atoms with E-state index in [1.54, 1.807) is 18.0 Å². The first-order chi connectivity index (χ1) is 11.0. The summed E-state index contributed by atoms with van der Waals surface area (Å²) in [5.74, 6) is -0.585. The van der Waals surface area contributed by atoms with Crippen LogP contribution in [0.25, 0.3) is 0 Å². The highest BCUT2D eigenvalue weighted by Gasteiger charge is 2.14. The molecule has 23 heavy (non-hydrogen) atoms. The first-order valence-corrected chi connectivity index (χ1v) is 7.28. The number of hydrogen-bond acceptors (Lipinski definition) is 2. The lowest BCUT2D eigenvalue weighted by atomic mass is 10.2. The van der Waals surface area contributed by atoms with Crippen LogP contribution in [0, 0.1) is 0 Å². The molecule has 1 amide bonds. The lowest BCUT2D eigenvalue weighted by molar-refractivity contribution is -0.109. The first kappa shape index (κ1) is 18.6. The van der Waals surface area contributed by atoms with Crippen LogP contribution >= 0.6 is 0 Å². The van der Waals surface area contributed by atoms with Gasteiger partial charge in [-0.05, 0) is 38.2 Å². The molecule has 1 aliphatic carbocycles. The number of alkyl halides is 1. The van der Waals surface area contributed by atoms with E-state index < -0.39 is 12.0 Å². The van der Waals surface area contributed by atoms with E-state index in [1.807, 2.05) is 38.2 Å². The maximum atomic E-state index is 14.0. The van der Waals surface area contributed by atoms with Crippen LogP contribution in [0.4, 0.5) is 8.78 Å². The van der Waals surface area contributed by atoms with E-state index in [9.17, 15) is 13.6 Å². The largest absolute Gasteiger partial charge is 0.355 e. The number of carbonyl (C=O) groups excluding carboxylic acids is 1. The molecule has 0 saturated heterocycles. The summed E-state index contributed by atoms with van der Waals surface area (Å²) in [6.45, 7) is 4.23. The van der Waals surface area contributed by atoms with E-state index in [4.69, 9.17) is 0 Å². The highest BCUT2D eigenvalue weighted by molar-refractivity contribution is 5.46. The molecule has 0 fully saturated rings. The van der Waals surface area contributed by atoms with E-state index in [1.165, 1.54) is 12.2 Å². The third-order valence-electron chi connectivity index (χ3n) is 3.28. The van der Waals surface area contributed by atoms with Crippen LogP contribution in [0.15, 0.2) is 71.4 Å². The van der Waals surface area contributed by atoms with Gasteiger partial charge in [0.1, 0.15) is 12.0 Å². The van der Waals surface area contributed by atoms with Gasteiger partial charge in [0.25, 0.3) is 0 Å². The summed E-state index contributed by atoms with van der Waals surface area (Å²) >= 11 is 0. The minimum absolute atomic E-state index is 0.312. The molecule has 0 aliphatic heterocycles. The predicted octanol–water partition coefficient (Wildman–Crippen LogP) is 3.72. The van der Waals surface area contributed by atoms with Gasteiger partial charge in [-0.15, -0.1) is 0 Å². The minimum Gasteiger partial charge on any atom is -0.355 e. The highest BCUT2D eigenvalue weighted by atomic mass is 19.1. The second kappa shape index (κ2) is 9.56. The Bertz CT molecular complexity index is 598. The molecule has 1 N–H and O–H groups in total. The molecule has 3 nitrogen and oxygen atoms in total. The SMILES string of the molecule is CC(=C/C=C(/C)N(C)C1=CC=CC(F)C=C1F)/C=C/CNC=O. The molecule has 0 heterocycles. The molecular weight excluding hydrogens is 298 g/mol. The maximum Gasteiger partial charge on any atom is 0.207 e. The highest BCUT2D eigenvalue weighted by Crippen LogP contribution is 2.23. The van der Waals surface area contributed by atoms with Crippen molar-refractivity contribution in [1.82, 2.24) is 10.2 Å². The quantitative estimate of drug-likeness (QED) is 0.440. The van der Waals surface area contributed by atoms with Crippen molar-refractivity contribution < 1.29 is 13.6 Å². The summed E-state index contributed by atoms with van der Waals surface area (Å²) in [6.07, 6.45) is 12.0. The van der Waals surface area contributed by atoms with E-state index in [0.717, 1.165) is 17.3 Å². The molecule has 124 valence electrons. The fraction of sp³-hybridized carbons (Fsp3) is 0.278. The fourth-order valence-corrected chi connectivity index (χ4v) is 1.86. The molecule has 1 atom stereocenters. The zero-order valence-electron chi connectivity index (χ0n) is 13.6. The zero-order valence-corrected chi connectivity index (χ0v) is 13.6. The summed E-state index contributed by atoms with van der Waals surface area (Å²) in [7, 11) is 1.73. The van der Waals surface area contributed by atoms with Crippen LogP contribution < -0.4 is 5.32 Å². The smallest absolute Gasteiger partial charge is 0.207 e. The Morgan fingerprint density at radius 1 is 1.39 bits per heavy atom. The third-order valence-corrected chi connectivity index (χ3v) is 3.28. The van der Waals surface area contributed by atoms with Crippen molar-refractivity contribution in [3.8, 4) is 0 Å². The van der Waals surface area contributed by atoms with E-state index in [2.05, 4.69) is 5.32 Å². The first-order valence-electron chi connectivity index (χ1n) is 7.28. The molecule has 1 aliphatic rings. The molecule has 0 bridgehead atoms. The van der Waals surface area contributed by atoms with Crippen LogP contribution in [-0.2, 0) is 4.79 Å². The van der Waals surface area contributed by atoms with Crippen molar-refractivity contribution in [1.29, 1.82) is 0 Å². The van der Waals surface area contributed by atoms with E-state index in [0.29, 0.717) is 18.7 Å².